The van der Waals surface area contributed by atoms with Gasteiger partial charge in [0, 0.05) is 11.8 Å². The first-order valence-electron chi connectivity index (χ1n) is 9.71. The molecular weight excluding hydrogens is 284 g/mol. The van der Waals surface area contributed by atoms with Crippen LogP contribution in [0.1, 0.15) is 58.8 Å². The third-order valence-electron chi connectivity index (χ3n) is 8.81. The lowest BCUT2D eigenvalue weighted by molar-refractivity contribution is -0.223. The average molecular weight is 314 g/mol. The third kappa shape index (κ3) is 1.67. The van der Waals surface area contributed by atoms with Crippen LogP contribution in [0.2, 0.25) is 0 Å². The fourth-order valence-electron chi connectivity index (χ4n) is 7.23. The van der Waals surface area contributed by atoms with Crippen LogP contribution in [-0.4, -0.2) is 23.4 Å². The van der Waals surface area contributed by atoms with E-state index in [2.05, 4.69) is 32.1 Å². The fraction of sp³-hybridized carbons (Fsp3) is 0.810. The minimum absolute atomic E-state index is 0.219. The molecule has 4 aliphatic carbocycles. The summed E-state index contributed by atoms with van der Waals surface area (Å²) in [7, 11) is 0. The summed E-state index contributed by atoms with van der Waals surface area (Å²) in [5.41, 5.74) is 2.31. The zero-order valence-corrected chi connectivity index (χ0v) is 14.6. The van der Waals surface area contributed by atoms with E-state index in [1.807, 2.05) is 0 Å². The van der Waals surface area contributed by atoms with Gasteiger partial charge in [-0.05, 0) is 67.3 Å². The Morgan fingerprint density at radius 2 is 1.83 bits per heavy atom. The number of ether oxygens (including phenoxy) is 1. The second-order valence-electron chi connectivity index (χ2n) is 9.38. The molecule has 1 aliphatic heterocycles. The van der Waals surface area contributed by atoms with Gasteiger partial charge in [0.2, 0.25) is 0 Å². The van der Waals surface area contributed by atoms with Gasteiger partial charge in [0.05, 0.1) is 18.3 Å². The van der Waals surface area contributed by atoms with Crippen molar-refractivity contribution < 1.29 is 9.84 Å². The lowest BCUT2D eigenvalue weighted by Gasteiger charge is -2.60. The Kier molecular flexibility index (Phi) is 2.89. The number of aliphatic hydroxyl groups is 1. The van der Waals surface area contributed by atoms with Crippen molar-refractivity contribution in [3.05, 3.63) is 23.8 Å². The first-order valence-corrected chi connectivity index (χ1v) is 9.71. The van der Waals surface area contributed by atoms with Crippen molar-refractivity contribution in [3.63, 3.8) is 0 Å². The Morgan fingerprint density at radius 1 is 1.04 bits per heavy atom. The van der Waals surface area contributed by atoms with Crippen molar-refractivity contribution >= 4 is 0 Å². The molecule has 0 aromatic heterocycles. The molecule has 2 saturated carbocycles. The number of allylic oxidation sites excluding steroid dienone is 3. The van der Waals surface area contributed by atoms with Crippen LogP contribution in [0.25, 0.3) is 0 Å². The molecule has 0 unspecified atom stereocenters. The van der Waals surface area contributed by atoms with E-state index < -0.39 is 0 Å². The Labute approximate surface area is 140 Å². The van der Waals surface area contributed by atoms with Gasteiger partial charge >= 0.3 is 0 Å². The van der Waals surface area contributed by atoms with Gasteiger partial charge in [-0.1, -0.05) is 32.1 Å². The molecule has 1 N–H and O–H groups in total. The molecule has 0 radical (unpaired) electrons. The first-order chi connectivity index (χ1) is 11.0. The summed E-state index contributed by atoms with van der Waals surface area (Å²) in [5, 5.41) is 10.0. The van der Waals surface area contributed by atoms with E-state index in [1.54, 1.807) is 0 Å². The SMILES string of the molecule is C[C@]12CC[C@H]3[C@H](C=CC4=C[C@H](O)CC[C@]43C)[C@H]1CC[C@]21CCO1. The Balaban J connectivity index is 1.54. The molecule has 1 spiro atoms. The maximum absolute atomic E-state index is 10.0. The van der Waals surface area contributed by atoms with Crippen molar-refractivity contribution in [2.24, 2.45) is 28.6 Å². The number of hydrogen-bond acceptors (Lipinski definition) is 2. The van der Waals surface area contributed by atoms with Crippen LogP contribution in [-0.2, 0) is 4.74 Å². The molecule has 0 amide bonds. The Bertz CT molecular complexity index is 587. The van der Waals surface area contributed by atoms with Gasteiger partial charge in [-0.25, -0.2) is 0 Å². The summed E-state index contributed by atoms with van der Waals surface area (Å²) in [6.07, 6.45) is 15.4. The van der Waals surface area contributed by atoms with E-state index >= 15 is 0 Å². The molecule has 5 rings (SSSR count). The van der Waals surface area contributed by atoms with Gasteiger partial charge in [-0.15, -0.1) is 0 Å². The molecule has 23 heavy (non-hydrogen) atoms. The molecule has 0 bridgehead atoms. The number of aliphatic hydroxyl groups excluding tert-OH is 1. The van der Waals surface area contributed by atoms with Crippen LogP contribution in [0.5, 0.6) is 0 Å². The maximum atomic E-state index is 10.0. The largest absolute Gasteiger partial charge is 0.389 e. The molecule has 126 valence electrons. The number of rotatable bonds is 0. The summed E-state index contributed by atoms with van der Waals surface area (Å²) in [6, 6.07) is 0. The summed E-state index contributed by atoms with van der Waals surface area (Å²) in [5.74, 6) is 2.28. The molecule has 7 atom stereocenters. The van der Waals surface area contributed by atoms with Gasteiger partial charge in [-0.3, -0.25) is 0 Å². The van der Waals surface area contributed by atoms with E-state index in [0.29, 0.717) is 5.41 Å². The average Bonchev–Trinajstić information content (AvgIpc) is 2.81. The van der Waals surface area contributed by atoms with Gasteiger partial charge in [0.15, 0.2) is 0 Å². The van der Waals surface area contributed by atoms with Crippen molar-refractivity contribution in [2.45, 2.75) is 70.5 Å². The summed E-state index contributed by atoms with van der Waals surface area (Å²) < 4.78 is 6.21. The van der Waals surface area contributed by atoms with E-state index in [0.717, 1.165) is 37.2 Å². The number of hydrogen-bond donors (Lipinski definition) is 1. The van der Waals surface area contributed by atoms with Crippen molar-refractivity contribution in [3.8, 4) is 0 Å². The standard InChI is InChI=1S/C21H30O2/c1-19-8-5-15(22)13-14(19)3-4-16-17(19)6-9-20(2)18(16)7-10-21(20)11-12-23-21/h3-4,13,15-18,22H,5-12H2,1-2H3/t15-,16+,17+,18-,19-,20+,21+/m1/s1. The highest BCUT2D eigenvalue weighted by molar-refractivity contribution is 5.36. The molecule has 0 aromatic rings. The highest BCUT2D eigenvalue weighted by atomic mass is 16.5. The molecule has 3 fully saturated rings. The van der Waals surface area contributed by atoms with Crippen molar-refractivity contribution in [1.82, 2.24) is 0 Å². The zero-order chi connectivity index (χ0) is 15.9. The van der Waals surface area contributed by atoms with Gasteiger partial charge in [0.25, 0.3) is 0 Å². The highest BCUT2D eigenvalue weighted by Gasteiger charge is 2.66. The third-order valence-corrected chi connectivity index (χ3v) is 8.81. The van der Waals surface area contributed by atoms with Crippen LogP contribution in [0.15, 0.2) is 23.8 Å². The lowest BCUT2D eigenvalue weighted by Crippen LogP contribution is -2.58. The maximum Gasteiger partial charge on any atom is 0.0760 e. The van der Waals surface area contributed by atoms with E-state index in [4.69, 9.17) is 4.74 Å². The molecule has 1 heterocycles. The summed E-state index contributed by atoms with van der Waals surface area (Å²) in [6.45, 7) is 5.99. The topological polar surface area (TPSA) is 29.5 Å². The Morgan fingerprint density at radius 3 is 2.57 bits per heavy atom. The van der Waals surface area contributed by atoms with Crippen molar-refractivity contribution in [2.75, 3.05) is 6.61 Å². The van der Waals surface area contributed by atoms with E-state index in [1.165, 1.54) is 37.7 Å². The molecule has 2 heteroatoms. The second kappa shape index (κ2) is 4.52. The van der Waals surface area contributed by atoms with Gasteiger partial charge in [-0.2, -0.15) is 0 Å². The quantitative estimate of drug-likeness (QED) is 0.724. The van der Waals surface area contributed by atoms with Crippen LogP contribution >= 0.6 is 0 Å². The first kappa shape index (κ1) is 14.7. The summed E-state index contributed by atoms with van der Waals surface area (Å²) >= 11 is 0. The van der Waals surface area contributed by atoms with E-state index in [-0.39, 0.29) is 17.1 Å². The highest BCUT2D eigenvalue weighted by Crippen LogP contribution is 2.69. The predicted octanol–water partition coefficient (Wildman–Crippen LogP) is 4.25. The lowest BCUT2D eigenvalue weighted by atomic mass is 9.47. The van der Waals surface area contributed by atoms with Gasteiger partial charge in [0.1, 0.15) is 0 Å². The Hall–Kier alpha value is -0.600. The normalized spacial score (nSPS) is 57.3. The molecule has 5 aliphatic rings. The zero-order valence-electron chi connectivity index (χ0n) is 14.6. The second-order valence-corrected chi connectivity index (χ2v) is 9.38. The van der Waals surface area contributed by atoms with Crippen LogP contribution in [0.3, 0.4) is 0 Å². The fourth-order valence-corrected chi connectivity index (χ4v) is 7.23. The molecule has 0 aromatic carbocycles. The monoisotopic (exact) mass is 314 g/mol. The van der Waals surface area contributed by atoms with Crippen LogP contribution in [0.4, 0.5) is 0 Å². The molecular formula is C21H30O2. The minimum atomic E-state index is -0.230. The van der Waals surface area contributed by atoms with Crippen LogP contribution < -0.4 is 0 Å². The molecule has 2 nitrogen and oxygen atoms in total. The van der Waals surface area contributed by atoms with Crippen molar-refractivity contribution in [1.29, 1.82) is 0 Å². The summed E-state index contributed by atoms with van der Waals surface area (Å²) in [4.78, 5) is 0. The van der Waals surface area contributed by atoms with E-state index in [9.17, 15) is 5.11 Å². The minimum Gasteiger partial charge on any atom is -0.389 e. The predicted molar refractivity (Wildman–Crippen MR) is 90.9 cm³/mol. The van der Waals surface area contributed by atoms with Gasteiger partial charge < -0.3 is 9.84 Å². The van der Waals surface area contributed by atoms with Crippen LogP contribution in [0, 0.1) is 28.6 Å². The molecule has 1 saturated heterocycles. The smallest absolute Gasteiger partial charge is 0.0760 e. The number of fused-ring (bicyclic) bond motifs is 6.